The highest BCUT2D eigenvalue weighted by Crippen LogP contribution is 2.30. The summed E-state index contributed by atoms with van der Waals surface area (Å²) in [6.07, 6.45) is 0. The number of benzene rings is 2. The van der Waals surface area contributed by atoms with Gasteiger partial charge in [-0.2, -0.15) is 0 Å². The molecule has 0 aliphatic heterocycles. The molecule has 8 heteroatoms. The van der Waals surface area contributed by atoms with Gasteiger partial charge in [0.05, 0.1) is 24.1 Å². The monoisotopic (exact) mass is 416 g/mol. The number of nitrogens with zero attached hydrogens (tertiary/aromatic N) is 2. The highest BCUT2D eigenvalue weighted by molar-refractivity contribution is 7.14. The first-order chi connectivity index (χ1) is 13.5. The standard InChI is InChI=1S/C20H17ClN2O4S/c1-13(24)23(17-7-4-6-15(21)10-17)20-22-16(12-28-20)11-27-19(25)14-5-3-8-18(9-14)26-2/h3-10,12H,11H2,1-2H3. The van der Waals surface area contributed by atoms with Crippen molar-refractivity contribution < 1.29 is 19.1 Å². The number of amides is 1. The third-order valence-electron chi connectivity index (χ3n) is 3.77. The fourth-order valence-electron chi connectivity index (χ4n) is 2.48. The van der Waals surface area contributed by atoms with Gasteiger partial charge in [-0.05, 0) is 36.4 Å². The van der Waals surface area contributed by atoms with Gasteiger partial charge in [-0.1, -0.05) is 23.7 Å². The first kappa shape index (κ1) is 19.9. The van der Waals surface area contributed by atoms with Crippen LogP contribution in [-0.4, -0.2) is 24.0 Å². The molecule has 2 aromatic carbocycles. The van der Waals surface area contributed by atoms with Crippen LogP contribution >= 0.6 is 22.9 Å². The summed E-state index contributed by atoms with van der Waals surface area (Å²) in [5.74, 6) is -0.104. The molecule has 0 spiro atoms. The van der Waals surface area contributed by atoms with Crippen LogP contribution < -0.4 is 9.64 Å². The molecule has 144 valence electrons. The van der Waals surface area contributed by atoms with E-state index in [1.54, 1.807) is 53.9 Å². The van der Waals surface area contributed by atoms with Crippen molar-refractivity contribution >= 4 is 45.6 Å². The molecule has 0 fully saturated rings. The fraction of sp³-hybridized carbons (Fsp3) is 0.150. The Labute approximate surface area is 171 Å². The van der Waals surface area contributed by atoms with Crippen molar-refractivity contribution in [1.29, 1.82) is 0 Å². The summed E-state index contributed by atoms with van der Waals surface area (Å²) in [6.45, 7) is 1.44. The first-order valence-corrected chi connectivity index (χ1v) is 9.55. The molecule has 0 atom stereocenters. The molecule has 0 unspecified atom stereocenters. The minimum atomic E-state index is -0.480. The van der Waals surface area contributed by atoms with E-state index < -0.39 is 5.97 Å². The van der Waals surface area contributed by atoms with E-state index in [9.17, 15) is 9.59 Å². The van der Waals surface area contributed by atoms with Crippen LogP contribution in [0.5, 0.6) is 5.75 Å². The maximum absolute atomic E-state index is 12.2. The van der Waals surface area contributed by atoms with Crippen molar-refractivity contribution in [3.8, 4) is 5.75 Å². The molecule has 0 saturated heterocycles. The molecular formula is C20H17ClN2O4S. The molecule has 0 bridgehead atoms. The Balaban J connectivity index is 1.72. The van der Waals surface area contributed by atoms with Crippen molar-refractivity contribution in [2.45, 2.75) is 13.5 Å². The van der Waals surface area contributed by atoms with Crippen LogP contribution in [0.1, 0.15) is 23.0 Å². The second kappa shape index (κ2) is 8.86. The average molecular weight is 417 g/mol. The first-order valence-electron chi connectivity index (χ1n) is 8.30. The molecule has 3 aromatic rings. The number of carbonyl (C=O) groups excluding carboxylic acids is 2. The summed E-state index contributed by atoms with van der Waals surface area (Å²) in [5, 5.41) is 2.74. The zero-order valence-corrected chi connectivity index (χ0v) is 16.8. The van der Waals surface area contributed by atoms with Gasteiger partial charge in [0, 0.05) is 17.3 Å². The summed E-state index contributed by atoms with van der Waals surface area (Å²) in [6, 6.07) is 13.7. The molecule has 3 rings (SSSR count). The zero-order valence-electron chi connectivity index (χ0n) is 15.2. The lowest BCUT2D eigenvalue weighted by molar-refractivity contribution is -0.115. The molecule has 1 amide bonds. The molecule has 0 aliphatic rings. The van der Waals surface area contributed by atoms with E-state index in [2.05, 4.69) is 4.98 Å². The molecule has 6 nitrogen and oxygen atoms in total. The van der Waals surface area contributed by atoms with Gasteiger partial charge >= 0.3 is 5.97 Å². The Morgan fingerprint density at radius 2 is 1.96 bits per heavy atom. The Bertz CT molecular complexity index is 1010. The van der Waals surface area contributed by atoms with Gasteiger partial charge in [-0.25, -0.2) is 9.78 Å². The SMILES string of the molecule is COc1cccc(C(=O)OCc2csc(N(C(C)=O)c3cccc(Cl)c3)n2)c1. The molecule has 28 heavy (non-hydrogen) atoms. The fourth-order valence-corrected chi connectivity index (χ4v) is 3.54. The number of rotatable bonds is 6. The number of thiazole rings is 1. The van der Waals surface area contributed by atoms with E-state index in [4.69, 9.17) is 21.1 Å². The maximum Gasteiger partial charge on any atom is 0.338 e. The van der Waals surface area contributed by atoms with Gasteiger partial charge in [0.15, 0.2) is 5.13 Å². The molecular weight excluding hydrogens is 400 g/mol. The van der Waals surface area contributed by atoms with Crippen LogP contribution in [0.25, 0.3) is 0 Å². The summed E-state index contributed by atoms with van der Waals surface area (Å²) in [7, 11) is 1.53. The molecule has 0 N–H and O–H groups in total. The number of anilines is 2. The van der Waals surface area contributed by atoms with Crippen molar-refractivity contribution in [2.24, 2.45) is 0 Å². The summed E-state index contributed by atoms with van der Waals surface area (Å²) >= 11 is 7.31. The number of esters is 1. The van der Waals surface area contributed by atoms with Crippen molar-refractivity contribution in [1.82, 2.24) is 4.98 Å². The molecule has 0 aliphatic carbocycles. The lowest BCUT2D eigenvalue weighted by atomic mass is 10.2. The Morgan fingerprint density at radius 1 is 1.18 bits per heavy atom. The lowest BCUT2D eigenvalue weighted by Gasteiger charge is -2.18. The maximum atomic E-state index is 12.2. The second-order valence-electron chi connectivity index (χ2n) is 5.76. The number of halogens is 1. The van der Waals surface area contributed by atoms with Crippen LogP contribution in [0.15, 0.2) is 53.9 Å². The van der Waals surface area contributed by atoms with Crippen molar-refractivity contribution in [2.75, 3.05) is 12.0 Å². The minimum Gasteiger partial charge on any atom is -0.497 e. The molecule has 0 radical (unpaired) electrons. The second-order valence-corrected chi connectivity index (χ2v) is 7.04. The number of aromatic nitrogens is 1. The summed E-state index contributed by atoms with van der Waals surface area (Å²) in [4.78, 5) is 30.2. The Morgan fingerprint density at radius 3 is 2.68 bits per heavy atom. The average Bonchev–Trinajstić information content (AvgIpc) is 3.14. The number of methoxy groups -OCH3 is 1. The van der Waals surface area contributed by atoms with Crippen molar-refractivity contribution in [3.05, 3.63) is 70.2 Å². The Kier molecular flexibility index (Phi) is 6.28. The zero-order chi connectivity index (χ0) is 20.1. The largest absolute Gasteiger partial charge is 0.497 e. The smallest absolute Gasteiger partial charge is 0.338 e. The normalized spacial score (nSPS) is 10.4. The highest BCUT2D eigenvalue weighted by atomic mass is 35.5. The van der Waals surface area contributed by atoms with Crippen LogP contribution in [-0.2, 0) is 16.1 Å². The molecule has 1 aromatic heterocycles. The van der Waals surface area contributed by atoms with E-state index in [-0.39, 0.29) is 12.5 Å². The number of hydrogen-bond donors (Lipinski definition) is 0. The lowest BCUT2D eigenvalue weighted by Crippen LogP contribution is -2.22. The van der Waals surface area contributed by atoms with Gasteiger partial charge in [-0.3, -0.25) is 9.69 Å². The van der Waals surface area contributed by atoms with E-state index in [0.29, 0.717) is 32.8 Å². The highest BCUT2D eigenvalue weighted by Gasteiger charge is 2.19. The van der Waals surface area contributed by atoms with Crippen LogP contribution in [0.4, 0.5) is 10.8 Å². The summed E-state index contributed by atoms with van der Waals surface area (Å²) < 4.78 is 10.4. The number of hydrogen-bond acceptors (Lipinski definition) is 6. The Hall–Kier alpha value is -2.90. The quantitative estimate of drug-likeness (QED) is 0.537. The topological polar surface area (TPSA) is 68.7 Å². The van der Waals surface area contributed by atoms with Gasteiger partial charge in [0.1, 0.15) is 12.4 Å². The van der Waals surface area contributed by atoms with Gasteiger partial charge in [-0.15, -0.1) is 11.3 Å². The predicted molar refractivity (Wildman–Crippen MR) is 108 cm³/mol. The summed E-state index contributed by atoms with van der Waals surface area (Å²) in [5.41, 5.74) is 1.55. The van der Waals surface area contributed by atoms with E-state index in [1.807, 2.05) is 0 Å². The van der Waals surface area contributed by atoms with E-state index in [0.717, 1.165) is 0 Å². The predicted octanol–water partition coefficient (Wildman–Crippen LogP) is 4.85. The van der Waals surface area contributed by atoms with E-state index in [1.165, 1.54) is 30.3 Å². The van der Waals surface area contributed by atoms with E-state index >= 15 is 0 Å². The van der Waals surface area contributed by atoms with Crippen LogP contribution in [0.3, 0.4) is 0 Å². The molecule has 1 heterocycles. The number of ether oxygens (including phenoxy) is 2. The minimum absolute atomic E-state index is 0.00612. The van der Waals surface area contributed by atoms with Crippen LogP contribution in [0.2, 0.25) is 5.02 Å². The van der Waals surface area contributed by atoms with Gasteiger partial charge < -0.3 is 9.47 Å². The van der Waals surface area contributed by atoms with Crippen molar-refractivity contribution in [3.63, 3.8) is 0 Å². The van der Waals surface area contributed by atoms with Gasteiger partial charge in [0.2, 0.25) is 5.91 Å². The number of carbonyl (C=O) groups is 2. The van der Waals surface area contributed by atoms with Gasteiger partial charge in [0.25, 0.3) is 0 Å². The third kappa shape index (κ3) is 4.68. The third-order valence-corrected chi connectivity index (χ3v) is 4.88. The van der Waals surface area contributed by atoms with Crippen LogP contribution in [0, 0.1) is 0 Å². The molecule has 0 saturated carbocycles.